The Hall–Kier alpha value is -3.87. The van der Waals surface area contributed by atoms with Crippen molar-refractivity contribution >= 4 is 29.1 Å². The highest BCUT2D eigenvalue weighted by molar-refractivity contribution is 6.02. The maximum atomic E-state index is 12.6. The van der Waals surface area contributed by atoms with Crippen molar-refractivity contribution in [3.8, 4) is 0 Å². The van der Waals surface area contributed by atoms with Gasteiger partial charge in [0, 0.05) is 30.9 Å². The fourth-order valence-electron chi connectivity index (χ4n) is 3.43. The van der Waals surface area contributed by atoms with Crippen LogP contribution in [-0.4, -0.2) is 24.3 Å². The molecule has 0 aliphatic carbocycles. The molecule has 0 bridgehead atoms. The molecule has 4 rings (SSSR count). The summed E-state index contributed by atoms with van der Waals surface area (Å²) in [5, 5.41) is 5.65. The van der Waals surface area contributed by atoms with Crippen molar-refractivity contribution in [1.29, 1.82) is 0 Å². The van der Waals surface area contributed by atoms with Crippen LogP contribution in [0.5, 0.6) is 0 Å². The Morgan fingerprint density at radius 1 is 1.03 bits per heavy atom. The zero-order valence-electron chi connectivity index (χ0n) is 16.2. The van der Waals surface area contributed by atoms with Gasteiger partial charge >= 0.3 is 0 Å². The number of amides is 3. The van der Waals surface area contributed by atoms with Gasteiger partial charge in [0.15, 0.2) is 5.76 Å². The lowest BCUT2D eigenvalue weighted by molar-refractivity contribution is -0.126. The zero-order valence-corrected chi connectivity index (χ0v) is 16.2. The molecule has 1 atom stereocenters. The molecule has 7 heteroatoms. The molecule has 1 fully saturated rings. The predicted molar refractivity (Wildman–Crippen MR) is 112 cm³/mol. The number of benzene rings is 2. The number of carbonyl (C=O) groups excluding carboxylic acids is 3. The lowest BCUT2D eigenvalue weighted by Gasteiger charge is -2.16. The zero-order chi connectivity index (χ0) is 20.9. The van der Waals surface area contributed by atoms with Crippen LogP contribution in [0.1, 0.15) is 22.5 Å². The first kappa shape index (κ1) is 19.4. The van der Waals surface area contributed by atoms with E-state index in [-0.39, 0.29) is 35.8 Å². The van der Waals surface area contributed by atoms with E-state index in [4.69, 9.17) is 4.42 Å². The van der Waals surface area contributed by atoms with Crippen molar-refractivity contribution in [2.75, 3.05) is 16.8 Å². The second-order valence-electron chi connectivity index (χ2n) is 7.09. The topological polar surface area (TPSA) is 91.7 Å². The number of nitrogens with zero attached hydrogens (tertiary/aromatic N) is 1. The van der Waals surface area contributed by atoms with Gasteiger partial charge in [-0.15, -0.1) is 0 Å². The van der Waals surface area contributed by atoms with E-state index in [0.717, 1.165) is 11.3 Å². The standard InChI is InChI=1S/C23H21N3O4/c27-21-13-17(15-26(21)19-8-2-1-3-9-19)22(28)24-14-16-6-4-7-18(12-16)25-23(29)20-10-5-11-30-20/h1-12,17H,13-15H2,(H,24,28)(H,25,29). The van der Waals surface area contributed by atoms with E-state index in [1.54, 1.807) is 35.2 Å². The molecule has 3 aromatic rings. The highest BCUT2D eigenvalue weighted by Gasteiger charge is 2.34. The molecule has 0 radical (unpaired) electrons. The molecule has 1 aromatic heterocycles. The molecule has 2 aromatic carbocycles. The van der Waals surface area contributed by atoms with Crippen LogP contribution in [0.4, 0.5) is 11.4 Å². The summed E-state index contributed by atoms with van der Waals surface area (Å²) in [6.07, 6.45) is 1.63. The molecule has 1 unspecified atom stereocenters. The molecule has 2 N–H and O–H groups in total. The third kappa shape index (κ3) is 4.41. The van der Waals surface area contributed by atoms with Crippen LogP contribution in [0.2, 0.25) is 0 Å². The predicted octanol–water partition coefficient (Wildman–Crippen LogP) is 3.20. The number of anilines is 2. The molecule has 1 saturated heterocycles. The average Bonchev–Trinajstić information content (AvgIpc) is 3.43. The Balaban J connectivity index is 1.33. The number of nitrogens with one attached hydrogen (secondary N) is 2. The van der Waals surface area contributed by atoms with Crippen molar-refractivity contribution in [3.05, 3.63) is 84.3 Å². The number of furan rings is 1. The highest BCUT2D eigenvalue weighted by Crippen LogP contribution is 2.25. The van der Waals surface area contributed by atoms with Gasteiger partial charge in [-0.2, -0.15) is 0 Å². The molecule has 2 heterocycles. The normalized spacial score (nSPS) is 15.8. The van der Waals surface area contributed by atoms with E-state index < -0.39 is 0 Å². The van der Waals surface area contributed by atoms with Gasteiger partial charge < -0.3 is 20.0 Å². The summed E-state index contributed by atoms with van der Waals surface area (Å²) in [6.45, 7) is 0.674. The van der Waals surface area contributed by atoms with Crippen molar-refractivity contribution in [2.45, 2.75) is 13.0 Å². The van der Waals surface area contributed by atoms with Crippen LogP contribution < -0.4 is 15.5 Å². The largest absolute Gasteiger partial charge is 0.459 e. The van der Waals surface area contributed by atoms with Gasteiger partial charge in [0.2, 0.25) is 11.8 Å². The number of carbonyl (C=O) groups is 3. The molecule has 30 heavy (non-hydrogen) atoms. The first-order chi connectivity index (χ1) is 14.6. The molecule has 3 amide bonds. The monoisotopic (exact) mass is 403 g/mol. The van der Waals surface area contributed by atoms with Crippen molar-refractivity contribution in [2.24, 2.45) is 5.92 Å². The quantitative estimate of drug-likeness (QED) is 0.661. The van der Waals surface area contributed by atoms with Gasteiger partial charge in [-0.25, -0.2) is 0 Å². The molecule has 0 spiro atoms. The number of hydrogen-bond acceptors (Lipinski definition) is 4. The number of rotatable bonds is 6. The van der Waals surface area contributed by atoms with Gasteiger partial charge in [-0.3, -0.25) is 14.4 Å². The Bertz CT molecular complexity index is 1050. The SMILES string of the molecule is O=C(Nc1cccc(CNC(=O)C2CC(=O)N(c3ccccc3)C2)c1)c1ccco1. The van der Waals surface area contributed by atoms with Crippen LogP contribution >= 0.6 is 0 Å². The van der Waals surface area contributed by atoms with Crippen molar-refractivity contribution < 1.29 is 18.8 Å². The molecular formula is C23H21N3O4. The van der Waals surface area contributed by atoms with Gasteiger partial charge in [-0.1, -0.05) is 30.3 Å². The van der Waals surface area contributed by atoms with E-state index in [2.05, 4.69) is 10.6 Å². The van der Waals surface area contributed by atoms with Crippen LogP contribution in [0, 0.1) is 5.92 Å². The summed E-state index contributed by atoms with van der Waals surface area (Å²) in [5.74, 6) is -0.718. The molecular weight excluding hydrogens is 382 g/mol. The van der Waals surface area contributed by atoms with E-state index >= 15 is 0 Å². The van der Waals surface area contributed by atoms with E-state index in [0.29, 0.717) is 18.8 Å². The summed E-state index contributed by atoms with van der Waals surface area (Å²) in [4.78, 5) is 38.6. The van der Waals surface area contributed by atoms with E-state index in [1.165, 1.54) is 6.26 Å². The summed E-state index contributed by atoms with van der Waals surface area (Å²) in [7, 11) is 0. The van der Waals surface area contributed by atoms with Gasteiger partial charge in [-0.05, 0) is 42.0 Å². The van der Waals surface area contributed by atoms with Crippen LogP contribution in [0.25, 0.3) is 0 Å². The first-order valence-corrected chi connectivity index (χ1v) is 9.67. The van der Waals surface area contributed by atoms with Gasteiger partial charge in [0.1, 0.15) is 0 Å². The second kappa shape index (κ2) is 8.65. The Morgan fingerprint density at radius 2 is 1.87 bits per heavy atom. The Labute approximate surface area is 173 Å². The van der Waals surface area contributed by atoms with Crippen LogP contribution in [0.3, 0.4) is 0 Å². The van der Waals surface area contributed by atoms with Gasteiger partial charge in [0.05, 0.1) is 12.2 Å². The number of hydrogen-bond donors (Lipinski definition) is 2. The molecule has 1 aliphatic rings. The minimum Gasteiger partial charge on any atom is -0.459 e. The third-order valence-corrected chi connectivity index (χ3v) is 4.96. The summed E-state index contributed by atoms with van der Waals surface area (Å²) in [5.41, 5.74) is 2.25. The smallest absolute Gasteiger partial charge is 0.291 e. The fourth-order valence-corrected chi connectivity index (χ4v) is 3.43. The summed E-state index contributed by atoms with van der Waals surface area (Å²) >= 11 is 0. The Morgan fingerprint density at radius 3 is 2.63 bits per heavy atom. The van der Waals surface area contributed by atoms with E-state index in [1.807, 2.05) is 36.4 Å². The van der Waals surface area contributed by atoms with E-state index in [9.17, 15) is 14.4 Å². The lowest BCUT2D eigenvalue weighted by atomic mass is 10.1. The molecule has 152 valence electrons. The summed E-state index contributed by atoms with van der Waals surface area (Å²) in [6, 6.07) is 19.8. The van der Waals surface area contributed by atoms with Crippen LogP contribution in [-0.2, 0) is 16.1 Å². The number of para-hydroxylation sites is 1. The highest BCUT2D eigenvalue weighted by atomic mass is 16.3. The maximum Gasteiger partial charge on any atom is 0.291 e. The van der Waals surface area contributed by atoms with Crippen LogP contribution in [0.15, 0.2) is 77.4 Å². The third-order valence-electron chi connectivity index (χ3n) is 4.96. The minimum atomic E-state index is -0.389. The lowest BCUT2D eigenvalue weighted by Crippen LogP contribution is -2.32. The minimum absolute atomic E-state index is 0.0519. The molecule has 0 saturated carbocycles. The van der Waals surface area contributed by atoms with Gasteiger partial charge in [0.25, 0.3) is 5.91 Å². The first-order valence-electron chi connectivity index (χ1n) is 9.67. The fraction of sp³-hybridized carbons (Fsp3) is 0.174. The van der Waals surface area contributed by atoms with Crippen molar-refractivity contribution in [1.82, 2.24) is 5.32 Å². The summed E-state index contributed by atoms with van der Waals surface area (Å²) < 4.78 is 5.08. The Kier molecular flexibility index (Phi) is 5.61. The average molecular weight is 403 g/mol. The molecule has 1 aliphatic heterocycles. The maximum absolute atomic E-state index is 12.6. The molecule has 7 nitrogen and oxygen atoms in total. The second-order valence-corrected chi connectivity index (χ2v) is 7.09. The van der Waals surface area contributed by atoms with Crippen molar-refractivity contribution in [3.63, 3.8) is 0 Å².